The molecule has 17 heavy (non-hydrogen) atoms. The van der Waals surface area contributed by atoms with Gasteiger partial charge in [-0.1, -0.05) is 18.0 Å². The van der Waals surface area contributed by atoms with Crippen LogP contribution in [0.4, 0.5) is 0 Å². The van der Waals surface area contributed by atoms with Crippen LogP contribution in [0.15, 0.2) is 9.85 Å². The van der Waals surface area contributed by atoms with Gasteiger partial charge in [-0.05, 0) is 47.8 Å². The van der Waals surface area contributed by atoms with Crippen molar-refractivity contribution in [2.75, 3.05) is 26.8 Å². The predicted octanol–water partition coefficient (Wildman–Crippen LogP) is 4.11. The van der Waals surface area contributed by atoms with E-state index in [9.17, 15) is 0 Å². The van der Waals surface area contributed by atoms with Crippen LogP contribution >= 0.6 is 38.9 Å². The molecule has 0 spiro atoms. The van der Waals surface area contributed by atoms with Crippen molar-refractivity contribution in [1.82, 2.24) is 5.32 Å². The molecule has 0 unspecified atom stereocenters. The number of unbranched alkanes of at least 4 members (excludes halogenated alkanes) is 2. The zero-order valence-corrected chi connectivity index (χ0v) is 13.3. The second-order valence-electron chi connectivity index (χ2n) is 3.89. The van der Waals surface area contributed by atoms with Gasteiger partial charge in [-0.2, -0.15) is 0 Å². The second-order valence-corrected chi connectivity index (χ2v) is 6.75. The summed E-state index contributed by atoms with van der Waals surface area (Å²) in [5.74, 6) is 0. The van der Waals surface area contributed by atoms with Gasteiger partial charge in [0.1, 0.15) is 0 Å². The Hall–Kier alpha value is 0.390. The summed E-state index contributed by atoms with van der Waals surface area (Å²) in [4.78, 5) is 1.37. The number of ether oxygens (including phenoxy) is 1. The molecule has 0 bridgehead atoms. The average Bonchev–Trinajstić information content (AvgIpc) is 2.62. The molecule has 5 heteroatoms. The van der Waals surface area contributed by atoms with Crippen molar-refractivity contribution in [1.29, 1.82) is 0 Å². The molecule has 0 atom stereocenters. The fourth-order valence-corrected chi connectivity index (χ4v) is 3.40. The van der Waals surface area contributed by atoms with Crippen LogP contribution in [0.25, 0.3) is 0 Å². The van der Waals surface area contributed by atoms with Crippen molar-refractivity contribution in [2.45, 2.75) is 25.7 Å². The van der Waals surface area contributed by atoms with Crippen molar-refractivity contribution in [3.8, 4) is 0 Å². The highest BCUT2D eigenvalue weighted by Crippen LogP contribution is 2.32. The Morgan fingerprint density at radius 3 is 2.82 bits per heavy atom. The van der Waals surface area contributed by atoms with E-state index in [0.29, 0.717) is 0 Å². The van der Waals surface area contributed by atoms with Crippen LogP contribution < -0.4 is 5.32 Å². The first kappa shape index (κ1) is 15.4. The standard InChI is InChI=1S/C12H19BrClNOS/c1-16-8-7-15-6-4-2-3-5-10-9-11(14)12(13)17-10/h9,15H,2-8H2,1H3. The lowest BCUT2D eigenvalue weighted by molar-refractivity contribution is 0.199. The minimum Gasteiger partial charge on any atom is -0.383 e. The molecule has 1 N–H and O–H groups in total. The van der Waals surface area contributed by atoms with Crippen LogP contribution in [0.1, 0.15) is 24.1 Å². The minimum absolute atomic E-state index is 0.793. The summed E-state index contributed by atoms with van der Waals surface area (Å²) < 4.78 is 6.01. The molecule has 0 aliphatic heterocycles. The molecule has 0 saturated heterocycles. The number of thiophene rings is 1. The molecule has 0 saturated carbocycles. The first-order valence-corrected chi connectivity index (χ1v) is 7.86. The summed E-state index contributed by atoms with van der Waals surface area (Å²) in [7, 11) is 1.73. The molecule has 1 aromatic rings. The van der Waals surface area contributed by atoms with E-state index in [1.807, 2.05) is 0 Å². The van der Waals surface area contributed by atoms with E-state index < -0.39 is 0 Å². The van der Waals surface area contributed by atoms with Crippen molar-refractivity contribution < 1.29 is 4.74 Å². The van der Waals surface area contributed by atoms with Gasteiger partial charge in [0.15, 0.2) is 0 Å². The van der Waals surface area contributed by atoms with Crippen molar-refractivity contribution in [2.24, 2.45) is 0 Å². The van der Waals surface area contributed by atoms with Gasteiger partial charge in [0.2, 0.25) is 0 Å². The van der Waals surface area contributed by atoms with Gasteiger partial charge in [-0.25, -0.2) is 0 Å². The average molecular weight is 341 g/mol. The number of hydrogen-bond donors (Lipinski definition) is 1. The molecule has 0 aromatic carbocycles. The van der Waals surface area contributed by atoms with Gasteiger partial charge in [-0.15, -0.1) is 11.3 Å². The SMILES string of the molecule is COCCNCCCCCc1cc(Cl)c(Br)s1. The lowest BCUT2D eigenvalue weighted by Gasteiger charge is -2.03. The second kappa shape index (κ2) is 9.34. The fourth-order valence-electron chi connectivity index (χ4n) is 1.54. The number of nitrogens with one attached hydrogen (secondary N) is 1. The van der Waals surface area contributed by atoms with Crippen LogP contribution in [-0.4, -0.2) is 26.8 Å². The van der Waals surface area contributed by atoms with Gasteiger partial charge in [-0.3, -0.25) is 0 Å². The highest BCUT2D eigenvalue weighted by atomic mass is 79.9. The Morgan fingerprint density at radius 2 is 2.18 bits per heavy atom. The molecule has 1 aromatic heterocycles. The van der Waals surface area contributed by atoms with E-state index in [1.54, 1.807) is 18.4 Å². The molecule has 0 amide bonds. The number of hydrogen-bond acceptors (Lipinski definition) is 3. The molecular formula is C12H19BrClNOS. The smallest absolute Gasteiger partial charge is 0.0887 e. The lowest BCUT2D eigenvalue weighted by Crippen LogP contribution is -2.20. The summed E-state index contributed by atoms with van der Waals surface area (Å²) in [6.07, 6.45) is 4.85. The highest BCUT2D eigenvalue weighted by Gasteiger charge is 2.03. The topological polar surface area (TPSA) is 21.3 Å². The summed E-state index contributed by atoms with van der Waals surface area (Å²) in [5, 5.41) is 4.19. The van der Waals surface area contributed by atoms with Crippen molar-refractivity contribution in [3.63, 3.8) is 0 Å². The van der Waals surface area contributed by atoms with Gasteiger partial charge >= 0.3 is 0 Å². The molecule has 1 rings (SSSR count). The quantitative estimate of drug-likeness (QED) is 0.683. The van der Waals surface area contributed by atoms with E-state index in [4.69, 9.17) is 16.3 Å². The number of methoxy groups -OCH3 is 1. The first-order chi connectivity index (χ1) is 8.24. The molecular weight excluding hydrogens is 322 g/mol. The Morgan fingerprint density at radius 1 is 1.35 bits per heavy atom. The zero-order chi connectivity index (χ0) is 12.5. The molecule has 1 heterocycles. The molecule has 0 aliphatic rings. The maximum absolute atomic E-state index is 5.98. The summed E-state index contributed by atoms with van der Waals surface area (Å²) in [6, 6.07) is 2.06. The molecule has 0 radical (unpaired) electrons. The Bertz CT molecular complexity index is 300. The molecule has 98 valence electrons. The van der Waals surface area contributed by atoms with Crippen molar-refractivity contribution >= 4 is 38.9 Å². The van der Waals surface area contributed by atoms with Gasteiger partial charge in [0.25, 0.3) is 0 Å². The summed E-state index contributed by atoms with van der Waals surface area (Å²) in [5.41, 5.74) is 0. The minimum atomic E-state index is 0.793. The third-order valence-electron chi connectivity index (χ3n) is 2.46. The fraction of sp³-hybridized carbons (Fsp3) is 0.667. The number of rotatable bonds is 9. The van der Waals surface area contributed by atoms with Crippen LogP contribution in [0, 0.1) is 0 Å². The normalized spacial score (nSPS) is 11.0. The summed E-state index contributed by atoms with van der Waals surface area (Å²) >= 11 is 11.2. The Labute approximate surface area is 121 Å². The number of aryl methyl sites for hydroxylation is 1. The van der Waals surface area contributed by atoms with Crippen LogP contribution in [-0.2, 0) is 11.2 Å². The first-order valence-electron chi connectivity index (χ1n) is 5.87. The Balaban J connectivity index is 1.97. The van der Waals surface area contributed by atoms with Crippen LogP contribution in [0.5, 0.6) is 0 Å². The van der Waals surface area contributed by atoms with Crippen LogP contribution in [0.2, 0.25) is 5.02 Å². The van der Waals surface area contributed by atoms with Crippen LogP contribution in [0.3, 0.4) is 0 Å². The largest absolute Gasteiger partial charge is 0.383 e. The molecule has 0 aliphatic carbocycles. The van der Waals surface area contributed by atoms with Gasteiger partial charge < -0.3 is 10.1 Å². The van der Waals surface area contributed by atoms with Gasteiger partial charge in [0.05, 0.1) is 15.4 Å². The lowest BCUT2D eigenvalue weighted by atomic mass is 10.2. The maximum atomic E-state index is 5.98. The maximum Gasteiger partial charge on any atom is 0.0887 e. The van der Waals surface area contributed by atoms with E-state index >= 15 is 0 Å². The Kier molecular flexibility index (Phi) is 8.48. The predicted molar refractivity (Wildman–Crippen MR) is 79.3 cm³/mol. The van der Waals surface area contributed by atoms with E-state index in [-0.39, 0.29) is 0 Å². The zero-order valence-electron chi connectivity index (χ0n) is 10.1. The molecule has 2 nitrogen and oxygen atoms in total. The third kappa shape index (κ3) is 6.77. The van der Waals surface area contributed by atoms with Gasteiger partial charge in [0, 0.05) is 18.5 Å². The highest BCUT2D eigenvalue weighted by molar-refractivity contribution is 9.11. The summed E-state index contributed by atoms with van der Waals surface area (Å²) in [6.45, 7) is 2.82. The van der Waals surface area contributed by atoms with Crippen molar-refractivity contribution in [3.05, 3.63) is 19.8 Å². The monoisotopic (exact) mass is 339 g/mol. The van der Waals surface area contributed by atoms with E-state index in [2.05, 4.69) is 27.3 Å². The third-order valence-corrected chi connectivity index (χ3v) is 4.99. The van der Waals surface area contributed by atoms with E-state index in [0.717, 1.165) is 34.9 Å². The number of halogens is 2. The van der Waals surface area contributed by atoms with E-state index in [1.165, 1.54) is 24.1 Å². The molecule has 0 fully saturated rings.